The van der Waals surface area contributed by atoms with E-state index >= 15 is 0 Å². The molecule has 0 saturated carbocycles. The van der Waals surface area contributed by atoms with Gasteiger partial charge < -0.3 is 22.7 Å². The molecule has 4 heterocycles. The largest absolute Gasteiger partial charge is 0.456 e. The molecule has 65 heavy (non-hydrogen) atoms. The van der Waals surface area contributed by atoms with Crippen molar-refractivity contribution in [2.24, 2.45) is 0 Å². The quantitative estimate of drug-likeness (QED) is 0.168. The van der Waals surface area contributed by atoms with Crippen molar-refractivity contribution >= 4 is 87.5 Å². The third-order valence-corrected chi connectivity index (χ3v) is 13.2. The highest BCUT2D eigenvalue weighted by molar-refractivity contribution is 6.15. The van der Waals surface area contributed by atoms with E-state index in [4.69, 9.17) is 13.6 Å². The van der Waals surface area contributed by atoms with Gasteiger partial charge in [0.15, 0.2) is 11.2 Å². The summed E-state index contributed by atoms with van der Waals surface area (Å²) in [6.45, 7) is 0. The second-order valence-corrected chi connectivity index (χ2v) is 16.8. The molecule has 0 radical (unpaired) electrons. The molecule has 0 bridgehead atoms. The molecule has 14 rings (SSSR count). The van der Waals surface area contributed by atoms with E-state index in [0.717, 1.165) is 111 Å². The van der Waals surface area contributed by atoms with Crippen LogP contribution in [0.1, 0.15) is 0 Å². The summed E-state index contributed by atoms with van der Waals surface area (Å²) in [5.41, 5.74) is 14.1. The summed E-state index contributed by atoms with van der Waals surface area (Å²) in [5.74, 6) is 1.53. The number of ether oxygens (including phenoxy) is 1. The summed E-state index contributed by atoms with van der Waals surface area (Å²) >= 11 is 0. The Kier molecular flexibility index (Phi) is 7.62. The van der Waals surface area contributed by atoms with Gasteiger partial charge in [-0.25, -0.2) is 0 Å². The van der Waals surface area contributed by atoms with Crippen molar-refractivity contribution in [3.63, 3.8) is 0 Å². The van der Waals surface area contributed by atoms with Gasteiger partial charge in [-0.2, -0.15) is 0 Å². The summed E-state index contributed by atoms with van der Waals surface area (Å²) in [5, 5.41) is 9.11. The van der Waals surface area contributed by atoms with Crippen molar-refractivity contribution in [2.45, 2.75) is 0 Å². The van der Waals surface area contributed by atoms with Crippen molar-refractivity contribution in [2.75, 3.05) is 0 Å². The van der Waals surface area contributed by atoms with Gasteiger partial charge in [0.2, 0.25) is 0 Å². The first-order valence-corrected chi connectivity index (χ1v) is 22.0. The van der Waals surface area contributed by atoms with Gasteiger partial charge in [0.05, 0.1) is 33.4 Å². The highest BCUT2D eigenvalue weighted by Crippen LogP contribution is 2.44. The molecule has 0 spiro atoms. The normalized spacial score (nSPS) is 12.0. The van der Waals surface area contributed by atoms with Gasteiger partial charge in [0, 0.05) is 54.2 Å². The van der Waals surface area contributed by atoms with Gasteiger partial charge in [-0.3, -0.25) is 0 Å². The van der Waals surface area contributed by atoms with Gasteiger partial charge in [0.1, 0.15) is 22.7 Å². The van der Waals surface area contributed by atoms with Crippen molar-refractivity contribution < 1.29 is 13.6 Å². The predicted molar refractivity (Wildman–Crippen MR) is 267 cm³/mol. The summed E-state index contributed by atoms with van der Waals surface area (Å²) in [4.78, 5) is 0. The molecule has 10 aromatic carbocycles. The minimum absolute atomic E-state index is 0.767. The van der Waals surface area contributed by atoms with E-state index in [1.54, 1.807) is 0 Å². The molecule has 4 aromatic heterocycles. The SMILES string of the molecule is c1ccc(-c2ccc3oc4c(-n5c6ccccc6c6ccccc65)cccc4c3c2)c(Oc2ccccc2-c2ccc3oc4c(-n5c6ccccc6c6ccccc65)cccc4c3c2)c1. The molecule has 0 aliphatic carbocycles. The number of nitrogens with zero attached hydrogens (tertiary/aromatic N) is 2. The van der Waals surface area contributed by atoms with Crippen molar-refractivity contribution in [1.29, 1.82) is 0 Å². The number of furan rings is 2. The fourth-order valence-corrected chi connectivity index (χ4v) is 10.3. The molecule has 0 amide bonds. The zero-order chi connectivity index (χ0) is 42.6. The van der Waals surface area contributed by atoms with Gasteiger partial charge in [-0.15, -0.1) is 0 Å². The number of aromatic nitrogens is 2. The monoisotopic (exact) mass is 832 g/mol. The maximum Gasteiger partial charge on any atom is 0.159 e. The Morgan fingerprint density at radius 3 is 1.06 bits per heavy atom. The van der Waals surface area contributed by atoms with Crippen LogP contribution in [0.4, 0.5) is 0 Å². The maximum atomic E-state index is 6.96. The van der Waals surface area contributed by atoms with Crippen LogP contribution in [-0.4, -0.2) is 9.13 Å². The Bertz CT molecular complexity index is 3860. The minimum Gasteiger partial charge on any atom is -0.456 e. The van der Waals surface area contributed by atoms with Crippen LogP contribution in [-0.2, 0) is 0 Å². The minimum atomic E-state index is 0.767. The van der Waals surface area contributed by atoms with E-state index in [2.05, 4.69) is 203 Å². The molecule has 0 N–H and O–H groups in total. The molecule has 0 aliphatic rings. The highest BCUT2D eigenvalue weighted by Gasteiger charge is 2.21. The molecule has 0 unspecified atom stereocenters. The van der Waals surface area contributed by atoms with Gasteiger partial charge in [0.25, 0.3) is 0 Å². The van der Waals surface area contributed by atoms with Crippen LogP contribution in [0.25, 0.3) is 121 Å². The Morgan fingerprint density at radius 2 is 0.646 bits per heavy atom. The first-order chi connectivity index (χ1) is 32.2. The Balaban J connectivity index is 0.851. The first kappa shape index (κ1) is 35.8. The van der Waals surface area contributed by atoms with E-state index in [1.165, 1.54) is 21.5 Å². The van der Waals surface area contributed by atoms with Crippen molar-refractivity contribution in [1.82, 2.24) is 9.13 Å². The fourth-order valence-electron chi connectivity index (χ4n) is 10.3. The molecular formula is C60H36N2O3. The van der Waals surface area contributed by atoms with Gasteiger partial charge in [-0.1, -0.05) is 146 Å². The molecule has 0 aliphatic heterocycles. The smallest absolute Gasteiger partial charge is 0.159 e. The van der Waals surface area contributed by atoms with Gasteiger partial charge in [-0.05, 0) is 83.9 Å². The topological polar surface area (TPSA) is 45.4 Å². The van der Waals surface area contributed by atoms with Crippen LogP contribution in [0.2, 0.25) is 0 Å². The molecule has 0 saturated heterocycles. The average Bonchev–Trinajstić information content (AvgIpc) is 4.12. The molecule has 14 aromatic rings. The first-order valence-electron chi connectivity index (χ1n) is 22.0. The molecule has 0 fully saturated rings. The highest BCUT2D eigenvalue weighted by atomic mass is 16.5. The molecule has 5 nitrogen and oxygen atoms in total. The molecule has 5 heteroatoms. The number of hydrogen-bond acceptors (Lipinski definition) is 3. The summed E-state index contributed by atoms with van der Waals surface area (Å²) in [7, 11) is 0. The van der Waals surface area contributed by atoms with E-state index in [-0.39, 0.29) is 0 Å². The number of benzene rings is 10. The third kappa shape index (κ3) is 5.33. The van der Waals surface area contributed by atoms with Crippen LogP contribution in [0.5, 0.6) is 11.5 Å². The number of hydrogen-bond donors (Lipinski definition) is 0. The van der Waals surface area contributed by atoms with Crippen LogP contribution in [0, 0.1) is 0 Å². The zero-order valence-electron chi connectivity index (χ0n) is 34.9. The summed E-state index contributed by atoms with van der Waals surface area (Å²) in [6, 6.07) is 76.7. The van der Waals surface area contributed by atoms with E-state index in [9.17, 15) is 0 Å². The predicted octanol–water partition coefficient (Wildman–Crippen LogP) is 16.8. The Hall–Kier alpha value is -8.80. The number of fused-ring (bicyclic) bond motifs is 12. The Morgan fingerprint density at radius 1 is 0.292 bits per heavy atom. The van der Waals surface area contributed by atoms with E-state index in [1.807, 2.05) is 24.3 Å². The lowest BCUT2D eigenvalue weighted by Gasteiger charge is -2.15. The van der Waals surface area contributed by atoms with Crippen LogP contribution >= 0.6 is 0 Å². The Labute approximate surface area is 372 Å². The van der Waals surface area contributed by atoms with Crippen molar-refractivity contribution in [3.8, 4) is 45.1 Å². The number of para-hydroxylation sites is 8. The van der Waals surface area contributed by atoms with Crippen LogP contribution in [0.15, 0.2) is 227 Å². The van der Waals surface area contributed by atoms with E-state index in [0.29, 0.717) is 0 Å². The fraction of sp³-hybridized carbons (Fsp3) is 0. The second-order valence-electron chi connectivity index (χ2n) is 16.8. The van der Waals surface area contributed by atoms with Gasteiger partial charge >= 0.3 is 0 Å². The second kappa shape index (κ2) is 13.9. The number of rotatable bonds is 6. The lowest BCUT2D eigenvalue weighted by Crippen LogP contribution is -1.93. The van der Waals surface area contributed by atoms with Crippen LogP contribution in [0.3, 0.4) is 0 Å². The lowest BCUT2D eigenvalue weighted by atomic mass is 10.0. The summed E-state index contributed by atoms with van der Waals surface area (Å²) in [6.07, 6.45) is 0. The van der Waals surface area contributed by atoms with E-state index < -0.39 is 0 Å². The molecular weight excluding hydrogens is 797 g/mol. The average molecular weight is 833 g/mol. The maximum absolute atomic E-state index is 6.96. The zero-order valence-corrected chi connectivity index (χ0v) is 34.9. The summed E-state index contributed by atoms with van der Waals surface area (Å²) < 4.78 is 25.1. The lowest BCUT2D eigenvalue weighted by molar-refractivity contribution is 0.486. The van der Waals surface area contributed by atoms with Crippen LogP contribution < -0.4 is 4.74 Å². The molecule has 304 valence electrons. The molecule has 0 atom stereocenters. The van der Waals surface area contributed by atoms with Crippen molar-refractivity contribution in [3.05, 3.63) is 218 Å². The third-order valence-electron chi connectivity index (χ3n) is 13.2. The standard InChI is InChI=1S/C60H36N2O3/c1-7-23-49-41(17-1)42-18-2-8-24-50(42)61(49)53-27-13-21-45-47-35-37(31-33-57(47)64-59(45)53)39-15-5-11-29-55(39)63-56-30-12-6-16-40(56)38-32-34-58-48(36-38)46-22-14-28-54(60(46)65-58)62-51-25-9-3-19-43(51)44-20-4-10-26-52(44)62/h1-36H.